The highest BCUT2D eigenvalue weighted by Crippen LogP contribution is 2.41. The molecule has 3 unspecified atom stereocenters. The molecule has 3 amide bonds. The summed E-state index contributed by atoms with van der Waals surface area (Å²) >= 11 is 0. The number of nitrogens with one attached hydrogen (secondary N) is 2. The van der Waals surface area contributed by atoms with Crippen LogP contribution in [0.4, 0.5) is 4.79 Å². The Hall–Kier alpha value is -2.57. The van der Waals surface area contributed by atoms with Crippen LogP contribution in [0.1, 0.15) is 70.7 Å². The third-order valence-electron chi connectivity index (χ3n) is 5.17. The summed E-state index contributed by atoms with van der Waals surface area (Å²) in [7, 11) is 0. The SMILES string of the molecule is Cc1ccc(C(C(=O)NC(C)C)N(C(=O)CNC(=O)OC(C)(C)C)C2CC2C)c(C)c1. The standard InChI is InChI=1S/C24H37N3O4/c1-14(2)26-22(29)21(18-10-9-15(3)11-16(18)4)27(19-12-17(19)5)20(28)13-25-23(30)31-24(6,7)8/h9-11,14,17,19,21H,12-13H2,1-8H3,(H,25,30)(H,26,29). The Bertz CT molecular complexity index is 829. The number of aryl methyl sites for hydroxylation is 2. The lowest BCUT2D eigenvalue weighted by Crippen LogP contribution is -2.50. The van der Waals surface area contributed by atoms with Gasteiger partial charge in [0.1, 0.15) is 18.2 Å². The van der Waals surface area contributed by atoms with Crippen LogP contribution < -0.4 is 10.6 Å². The van der Waals surface area contributed by atoms with Crippen molar-refractivity contribution < 1.29 is 19.1 Å². The van der Waals surface area contributed by atoms with E-state index in [2.05, 4.69) is 17.6 Å². The topological polar surface area (TPSA) is 87.7 Å². The van der Waals surface area contributed by atoms with Gasteiger partial charge in [-0.1, -0.05) is 30.7 Å². The molecule has 1 saturated carbocycles. The predicted molar refractivity (Wildman–Crippen MR) is 121 cm³/mol. The zero-order chi connectivity index (χ0) is 23.5. The van der Waals surface area contributed by atoms with Crippen molar-refractivity contribution >= 4 is 17.9 Å². The Morgan fingerprint density at radius 1 is 1.19 bits per heavy atom. The van der Waals surface area contributed by atoms with E-state index in [1.165, 1.54) is 0 Å². The van der Waals surface area contributed by atoms with Crippen molar-refractivity contribution in [3.8, 4) is 0 Å². The molecule has 0 heterocycles. The summed E-state index contributed by atoms with van der Waals surface area (Å²) in [5, 5.41) is 5.51. The van der Waals surface area contributed by atoms with Crippen molar-refractivity contribution in [2.75, 3.05) is 6.54 Å². The molecule has 7 nitrogen and oxygen atoms in total. The first-order valence-corrected chi connectivity index (χ1v) is 11.0. The summed E-state index contributed by atoms with van der Waals surface area (Å²) in [6.45, 7) is 14.9. The highest BCUT2D eigenvalue weighted by Gasteiger charge is 2.46. The minimum atomic E-state index is -0.758. The lowest BCUT2D eigenvalue weighted by Gasteiger charge is -2.33. The van der Waals surface area contributed by atoms with Gasteiger partial charge in [-0.2, -0.15) is 0 Å². The number of hydrogen-bond acceptors (Lipinski definition) is 4. The maximum Gasteiger partial charge on any atom is 0.408 e. The molecule has 2 N–H and O–H groups in total. The first-order chi connectivity index (χ1) is 14.3. The second-order valence-electron chi connectivity index (χ2n) is 9.86. The molecule has 2 rings (SSSR count). The summed E-state index contributed by atoms with van der Waals surface area (Å²) in [5.41, 5.74) is 2.19. The monoisotopic (exact) mass is 431 g/mol. The van der Waals surface area contributed by atoms with E-state index in [0.29, 0.717) is 5.92 Å². The Morgan fingerprint density at radius 2 is 1.81 bits per heavy atom. The van der Waals surface area contributed by atoms with Crippen LogP contribution in [0.2, 0.25) is 0 Å². The van der Waals surface area contributed by atoms with Crippen LogP contribution in [0, 0.1) is 19.8 Å². The summed E-state index contributed by atoms with van der Waals surface area (Å²) in [4.78, 5) is 40.3. The minimum absolute atomic E-state index is 0.0449. The van der Waals surface area contributed by atoms with Crippen molar-refractivity contribution in [1.82, 2.24) is 15.5 Å². The molecule has 1 fully saturated rings. The first kappa shape index (κ1) is 24.7. The number of amides is 3. The van der Waals surface area contributed by atoms with Crippen LogP contribution in [0.3, 0.4) is 0 Å². The molecule has 0 bridgehead atoms. The highest BCUT2D eigenvalue weighted by atomic mass is 16.6. The van der Waals surface area contributed by atoms with Crippen LogP contribution in [0.5, 0.6) is 0 Å². The second-order valence-corrected chi connectivity index (χ2v) is 9.86. The van der Waals surface area contributed by atoms with E-state index < -0.39 is 17.7 Å². The number of rotatable bonds is 7. The van der Waals surface area contributed by atoms with Crippen LogP contribution in [-0.2, 0) is 14.3 Å². The molecule has 7 heteroatoms. The van der Waals surface area contributed by atoms with E-state index in [9.17, 15) is 14.4 Å². The molecular weight excluding hydrogens is 394 g/mol. The van der Waals surface area contributed by atoms with Gasteiger partial charge in [-0.15, -0.1) is 0 Å². The Kier molecular flexibility index (Phi) is 7.73. The van der Waals surface area contributed by atoms with Gasteiger partial charge in [0, 0.05) is 12.1 Å². The van der Waals surface area contributed by atoms with E-state index in [1.807, 2.05) is 45.9 Å². The van der Waals surface area contributed by atoms with Crippen molar-refractivity contribution in [2.24, 2.45) is 5.92 Å². The smallest absolute Gasteiger partial charge is 0.408 e. The van der Waals surface area contributed by atoms with E-state index in [-0.39, 0.29) is 30.4 Å². The summed E-state index contributed by atoms with van der Waals surface area (Å²) < 4.78 is 5.24. The number of ether oxygens (including phenoxy) is 1. The molecule has 1 aliphatic carbocycles. The van der Waals surface area contributed by atoms with Gasteiger partial charge in [-0.05, 0) is 71.9 Å². The molecule has 0 saturated heterocycles. The van der Waals surface area contributed by atoms with Gasteiger partial charge in [-0.25, -0.2) is 4.79 Å². The number of alkyl carbamates (subject to hydrolysis) is 1. The molecule has 0 spiro atoms. The molecule has 0 aromatic heterocycles. The fourth-order valence-electron chi connectivity index (χ4n) is 3.68. The summed E-state index contributed by atoms with van der Waals surface area (Å²) in [5.74, 6) is -0.221. The van der Waals surface area contributed by atoms with Crippen molar-refractivity contribution in [1.29, 1.82) is 0 Å². The molecule has 0 aliphatic heterocycles. The first-order valence-electron chi connectivity index (χ1n) is 11.0. The van der Waals surface area contributed by atoms with Crippen molar-refractivity contribution in [3.05, 3.63) is 34.9 Å². The highest BCUT2D eigenvalue weighted by molar-refractivity contribution is 5.91. The minimum Gasteiger partial charge on any atom is -0.444 e. The Labute approximate surface area is 185 Å². The lowest BCUT2D eigenvalue weighted by atomic mass is 9.96. The fraction of sp³-hybridized carbons (Fsp3) is 0.625. The molecule has 1 aromatic rings. The van der Waals surface area contributed by atoms with Gasteiger partial charge in [-0.3, -0.25) is 9.59 Å². The molecule has 172 valence electrons. The van der Waals surface area contributed by atoms with Crippen molar-refractivity contribution in [2.45, 2.75) is 85.5 Å². The van der Waals surface area contributed by atoms with Crippen LogP contribution in [0.15, 0.2) is 18.2 Å². The molecule has 31 heavy (non-hydrogen) atoms. The average Bonchev–Trinajstić information content (AvgIpc) is 3.32. The lowest BCUT2D eigenvalue weighted by molar-refractivity contribution is -0.141. The van der Waals surface area contributed by atoms with Crippen LogP contribution >= 0.6 is 0 Å². The maximum absolute atomic E-state index is 13.3. The van der Waals surface area contributed by atoms with Crippen molar-refractivity contribution in [3.63, 3.8) is 0 Å². The van der Waals surface area contributed by atoms with E-state index in [1.54, 1.807) is 25.7 Å². The zero-order valence-electron chi connectivity index (χ0n) is 20.0. The largest absolute Gasteiger partial charge is 0.444 e. The molecule has 3 atom stereocenters. The van der Waals surface area contributed by atoms with E-state index in [4.69, 9.17) is 4.74 Å². The fourth-order valence-corrected chi connectivity index (χ4v) is 3.68. The zero-order valence-corrected chi connectivity index (χ0v) is 20.0. The average molecular weight is 432 g/mol. The number of carbonyl (C=O) groups is 3. The number of carbonyl (C=O) groups excluding carboxylic acids is 3. The van der Waals surface area contributed by atoms with Gasteiger partial charge in [0.05, 0.1) is 0 Å². The molecule has 0 radical (unpaired) electrons. The summed E-state index contributed by atoms with van der Waals surface area (Å²) in [6, 6.07) is 5.03. The van der Waals surface area contributed by atoms with Gasteiger partial charge in [0.15, 0.2) is 0 Å². The van der Waals surface area contributed by atoms with Gasteiger partial charge in [0.2, 0.25) is 11.8 Å². The Morgan fingerprint density at radius 3 is 2.29 bits per heavy atom. The van der Waals surface area contributed by atoms with Gasteiger partial charge < -0.3 is 20.3 Å². The third kappa shape index (κ3) is 6.97. The molecule has 1 aliphatic rings. The quantitative estimate of drug-likeness (QED) is 0.690. The maximum atomic E-state index is 13.3. The molecular formula is C24H37N3O4. The summed E-state index contributed by atoms with van der Waals surface area (Å²) in [6.07, 6.45) is 0.175. The van der Waals surface area contributed by atoms with Crippen LogP contribution in [-0.4, -0.2) is 47.0 Å². The van der Waals surface area contributed by atoms with E-state index >= 15 is 0 Å². The Balaban J connectivity index is 2.34. The van der Waals surface area contributed by atoms with Gasteiger partial charge >= 0.3 is 6.09 Å². The van der Waals surface area contributed by atoms with Crippen LogP contribution in [0.25, 0.3) is 0 Å². The predicted octanol–water partition coefficient (Wildman–Crippen LogP) is 3.63. The van der Waals surface area contributed by atoms with E-state index in [0.717, 1.165) is 23.1 Å². The second kappa shape index (κ2) is 9.71. The van der Waals surface area contributed by atoms with Gasteiger partial charge in [0.25, 0.3) is 0 Å². The number of nitrogens with zero attached hydrogens (tertiary/aromatic N) is 1. The third-order valence-corrected chi connectivity index (χ3v) is 5.17. The number of hydrogen-bond donors (Lipinski definition) is 2. The normalized spacial score (nSPS) is 18.9. The molecule has 1 aromatic carbocycles. The number of benzene rings is 1.